The summed E-state index contributed by atoms with van der Waals surface area (Å²) in [6.45, 7) is 2.83. The van der Waals surface area contributed by atoms with E-state index in [1.165, 1.54) is 17.7 Å². The van der Waals surface area contributed by atoms with Crippen LogP contribution in [0.5, 0.6) is 0 Å². The van der Waals surface area contributed by atoms with Crippen LogP contribution in [0, 0.1) is 0 Å². The molecule has 5 heteroatoms. The lowest BCUT2D eigenvalue weighted by atomic mass is 10.0. The molecule has 1 aliphatic rings. The molecule has 0 saturated carbocycles. The molecule has 3 nitrogen and oxygen atoms in total. The fraction of sp³-hybridized carbons (Fsp3) is 0.316. The first-order valence-corrected chi connectivity index (χ1v) is 9.45. The Bertz CT molecular complexity index is 716. The van der Waals surface area contributed by atoms with Gasteiger partial charge in [-0.05, 0) is 34.1 Å². The van der Waals surface area contributed by atoms with Gasteiger partial charge in [0.05, 0.1) is 25.2 Å². The van der Waals surface area contributed by atoms with Gasteiger partial charge in [0.1, 0.15) is 6.04 Å². The van der Waals surface area contributed by atoms with E-state index in [1.807, 2.05) is 42.5 Å². The number of hydrogen-bond donors (Lipinski definition) is 2. The smallest absolute Gasteiger partial charge is 0.252 e. The van der Waals surface area contributed by atoms with Crippen LogP contribution in [0.2, 0.25) is 5.02 Å². The van der Waals surface area contributed by atoms with Gasteiger partial charge in [0, 0.05) is 27.9 Å². The highest BCUT2D eigenvalue weighted by molar-refractivity contribution is 9.10. The summed E-state index contributed by atoms with van der Waals surface area (Å²) in [7, 11) is 0. The van der Waals surface area contributed by atoms with Crippen molar-refractivity contribution in [3.63, 3.8) is 0 Å². The van der Waals surface area contributed by atoms with Crippen molar-refractivity contribution < 1.29 is 9.69 Å². The molecule has 0 bridgehead atoms. The number of benzene rings is 2. The van der Waals surface area contributed by atoms with Crippen LogP contribution >= 0.6 is 27.5 Å². The number of carbonyl (C=O) groups excluding carboxylic acids is 1. The Balaban J connectivity index is 1.76. The Kier molecular flexibility index (Phi) is 5.93. The predicted octanol–water partition coefficient (Wildman–Crippen LogP) is 3.25. The Morgan fingerprint density at radius 1 is 1.12 bits per heavy atom. The minimum Gasteiger partial charge on any atom is -0.346 e. The van der Waals surface area contributed by atoms with Crippen LogP contribution in [0.15, 0.2) is 53.0 Å². The van der Waals surface area contributed by atoms with Crippen molar-refractivity contribution in [2.45, 2.75) is 18.9 Å². The molecule has 1 atom stereocenters. The summed E-state index contributed by atoms with van der Waals surface area (Å²) in [5.74, 6) is -0.0573. The van der Waals surface area contributed by atoms with Gasteiger partial charge in [-0.2, -0.15) is 0 Å². The number of likely N-dealkylation sites (tertiary alicyclic amines) is 1. The van der Waals surface area contributed by atoms with E-state index >= 15 is 0 Å². The van der Waals surface area contributed by atoms with E-state index < -0.39 is 0 Å². The molecule has 1 heterocycles. The van der Waals surface area contributed by atoms with Crippen molar-refractivity contribution in [3.05, 3.63) is 69.2 Å². The average Bonchev–Trinajstić information content (AvgIpc) is 3.11. The van der Waals surface area contributed by atoms with Gasteiger partial charge in [-0.3, -0.25) is 4.79 Å². The summed E-state index contributed by atoms with van der Waals surface area (Å²) in [5, 5.41) is 3.87. The molecule has 126 valence electrons. The van der Waals surface area contributed by atoms with Crippen molar-refractivity contribution in [3.8, 4) is 0 Å². The number of halogens is 2. The summed E-state index contributed by atoms with van der Waals surface area (Å²) in [5.41, 5.74) is 1.77. The maximum atomic E-state index is 12.5. The van der Waals surface area contributed by atoms with Crippen molar-refractivity contribution in [2.24, 2.45) is 0 Å². The van der Waals surface area contributed by atoms with Crippen LogP contribution in [-0.2, 0) is 0 Å². The van der Waals surface area contributed by atoms with E-state index in [1.54, 1.807) is 0 Å². The molecule has 1 amide bonds. The molecule has 2 N–H and O–H groups in total. The first kappa shape index (κ1) is 17.5. The van der Waals surface area contributed by atoms with E-state index in [2.05, 4.69) is 27.3 Å². The van der Waals surface area contributed by atoms with Gasteiger partial charge < -0.3 is 10.2 Å². The van der Waals surface area contributed by atoms with E-state index in [0.717, 1.165) is 28.1 Å². The highest BCUT2D eigenvalue weighted by Crippen LogP contribution is 2.22. The van der Waals surface area contributed by atoms with Crippen molar-refractivity contribution >= 4 is 33.4 Å². The topological polar surface area (TPSA) is 33.5 Å². The van der Waals surface area contributed by atoms with Crippen molar-refractivity contribution in [1.29, 1.82) is 0 Å². The number of quaternary nitrogens is 1. The fourth-order valence-electron chi connectivity index (χ4n) is 3.34. The number of rotatable bonds is 5. The van der Waals surface area contributed by atoms with Gasteiger partial charge in [-0.25, -0.2) is 0 Å². The second-order valence-electron chi connectivity index (χ2n) is 6.13. The first-order valence-electron chi connectivity index (χ1n) is 8.28. The maximum Gasteiger partial charge on any atom is 0.252 e. The lowest BCUT2D eigenvalue weighted by molar-refractivity contribution is -0.918. The summed E-state index contributed by atoms with van der Waals surface area (Å²) < 4.78 is 0.810. The summed E-state index contributed by atoms with van der Waals surface area (Å²) in [4.78, 5) is 14.0. The number of nitrogens with one attached hydrogen (secondary N) is 2. The van der Waals surface area contributed by atoms with Gasteiger partial charge in [-0.15, -0.1) is 0 Å². The van der Waals surface area contributed by atoms with Crippen LogP contribution < -0.4 is 10.2 Å². The molecule has 0 unspecified atom stereocenters. The van der Waals surface area contributed by atoms with Crippen LogP contribution in [0.4, 0.5) is 0 Å². The number of amides is 1. The van der Waals surface area contributed by atoms with Gasteiger partial charge in [-0.1, -0.05) is 41.9 Å². The zero-order valence-electron chi connectivity index (χ0n) is 13.4. The van der Waals surface area contributed by atoms with Gasteiger partial charge >= 0.3 is 0 Å². The maximum absolute atomic E-state index is 12.5. The molecule has 24 heavy (non-hydrogen) atoms. The molecule has 0 radical (unpaired) electrons. The SMILES string of the molecule is O=C(NC[C@@H](c1ccccc1Cl)[NH+]1CCCC1)c1ccccc1Br. The Labute approximate surface area is 156 Å². The molecular weight excluding hydrogens is 388 g/mol. The molecule has 1 saturated heterocycles. The van der Waals surface area contributed by atoms with Gasteiger partial charge in [0.25, 0.3) is 5.91 Å². The molecule has 2 aromatic rings. The second-order valence-corrected chi connectivity index (χ2v) is 7.39. The van der Waals surface area contributed by atoms with E-state index in [4.69, 9.17) is 11.6 Å². The normalized spacial score (nSPS) is 16.1. The molecular formula is C19H21BrClN2O+. The Morgan fingerprint density at radius 3 is 2.50 bits per heavy atom. The number of carbonyl (C=O) groups is 1. The Hall–Kier alpha value is -1.36. The quantitative estimate of drug-likeness (QED) is 0.782. The molecule has 2 aromatic carbocycles. The zero-order chi connectivity index (χ0) is 16.9. The van der Waals surface area contributed by atoms with Gasteiger partial charge in [0.2, 0.25) is 0 Å². The molecule has 0 aliphatic carbocycles. The summed E-state index contributed by atoms with van der Waals surface area (Å²) in [6.07, 6.45) is 2.46. The lowest BCUT2D eigenvalue weighted by Crippen LogP contribution is -3.11. The molecule has 0 spiro atoms. The minimum atomic E-state index is -0.0573. The molecule has 0 aromatic heterocycles. The highest BCUT2D eigenvalue weighted by atomic mass is 79.9. The Morgan fingerprint density at radius 2 is 1.79 bits per heavy atom. The van der Waals surface area contributed by atoms with Crippen LogP contribution in [0.3, 0.4) is 0 Å². The monoisotopic (exact) mass is 407 g/mol. The predicted molar refractivity (Wildman–Crippen MR) is 101 cm³/mol. The van der Waals surface area contributed by atoms with Crippen LogP contribution in [0.1, 0.15) is 34.8 Å². The molecule has 1 aliphatic heterocycles. The molecule has 1 fully saturated rings. The number of hydrogen-bond acceptors (Lipinski definition) is 1. The average molecular weight is 409 g/mol. The fourth-order valence-corrected chi connectivity index (χ4v) is 4.08. The van der Waals surface area contributed by atoms with Crippen molar-refractivity contribution in [1.82, 2.24) is 5.32 Å². The minimum absolute atomic E-state index is 0.0573. The summed E-state index contributed by atoms with van der Waals surface area (Å²) in [6, 6.07) is 15.6. The third-order valence-electron chi connectivity index (χ3n) is 4.60. The zero-order valence-corrected chi connectivity index (χ0v) is 15.7. The second kappa shape index (κ2) is 8.15. The van der Waals surface area contributed by atoms with E-state index in [0.29, 0.717) is 12.1 Å². The largest absolute Gasteiger partial charge is 0.346 e. The highest BCUT2D eigenvalue weighted by Gasteiger charge is 2.29. The first-order chi connectivity index (χ1) is 11.7. The third kappa shape index (κ3) is 4.00. The van der Waals surface area contributed by atoms with Crippen LogP contribution in [-0.4, -0.2) is 25.5 Å². The van der Waals surface area contributed by atoms with Crippen LogP contribution in [0.25, 0.3) is 0 Å². The standard InChI is InChI=1S/C19H20BrClN2O/c20-16-9-3-1-7-14(16)19(24)22-13-18(23-11-5-6-12-23)15-8-2-4-10-17(15)21/h1-4,7-10,18H,5-6,11-13H2,(H,22,24)/p+1/t18-/m0/s1. The third-order valence-corrected chi connectivity index (χ3v) is 5.64. The van der Waals surface area contributed by atoms with E-state index in [9.17, 15) is 4.79 Å². The van der Waals surface area contributed by atoms with E-state index in [-0.39, 0.29) is 11.9 Å². The van der Waals surface area contributed by atoms with Gasteiger partial charge in [0.15, 0.2) is 0 Å². The molecule has 3 rings (SSSR count). The summed E-state index contributed by atoms with van der Waals surface area (Å²) >= 11 is 9.86. The van der Waals surface area contributed by atoms with Crippen molar-refractivity contribution in [2.75, 3.05) is 19.6 Å². The lowest BCUT2D eigenvalue weighted by Gasteiger charge is -2.26.